The molecule has 0 radical (unpaired) electrons. The van der Waals surface area contributed by atoms with Crippen LogP contribution in [-0.2, 0) is 0 Å². The van der Waals surface area contributed by atoms with Crippen LogP contribution in [-0.4, -0.2) is 30.5 Å². The fourth-order valence-electron chi connectivity index (χ4n) is 1.20. The molecule has 1 rings (SSSR count). The van der Waals surface area contributed by atoms with Crippen LogP contribution in [0.5, 0.6) is 5.75 Å². The van der Waals surface area contributed by atoms with Crippen molar-refractivity contribution < 1.29 is 4.74 Å². The van der Waals surface area contributed by atoms with Crippen molar-refractivity contribution in [3.05, 3.63) is 42.1 Å². The van der Waals surface area contributed by atoms with Gasteiger partial charge in [0.25, 0.3) is 0 Å². The van der Waals surface area contributed by atoms with Crippen LogP contribution in [0.4, 0.5) is 0 Å². The Labute approximate surface area is 103 Å². The molecule has 0 unspecified atom stereocenters. The van der Waals surface area contributed by atoms with Gasteiger partial charge in [-0.15, -0.1) is 0 Å². The van der Waals surface area contributed by atoms with E-state index in [-0.39, 0.29) is 0 Å². The summed E-state index contributed by atoms with van der Waals surface area (Å²) in [4.78, 5) is 2.79. The van der Waals surface area contributed by atoms with Gasteiger partial charge in [-0.2, -0.15) is 0 Å². The van der Waals surface area contributed by atoms with Gasteiger partial charge in [0, 0.05) is 19.0 Å². The summed E-state index contributed by atoms with van der Waals surface area (Å²) < 4.78 is 5.37. The van der Waals surface area contributed by atoms with Gasteiger partial charge in [0.2, 0.25) is 0 Å². The maximum Gasteiger partial charge on any atom is 0.119 e. The van der Waals surface area contributed by atoms with Crippen LogP contribution in [0.3, 0.4) is 0 Å². The van der Waals surface area contributed by atoms with E-state index in [0.717, 1.165) is 16.2 Å². The SMILES string of the molecule is CCOc1ccc(C(=S)/C=C/N(C)C)cc1. The molecule has 86 valence electrons. The first-order valence-electron chi connectivity index (χ1n) is 5.25. The number of nitrogens with zero attached hydrogens (tertiary/aromatic N) is 1. The van der Waals surface area contributed by atoms with Crippen LogP contribution in [0.2, 0.25) is 0 Å². The van der Waals surface area contributed by atoms with Crippen molar-refractivity contribution in [3.63, 3.8) is 0 Å². The van der Waals surface area contributed by atoms with E-state index in [0.29, 0.717) is 6.61 Å². The zero-order chi connectivity index (χ0) is 12.0. The third kappa shape index (κ3) is 4.03. The second-order valence-corrected chi connectivity index (χ2v) is 4.04. The van der Waals surface area contributed by atoms with Gasteiger partial charge >= 0.3 is 0 Å². The van der Waals surface area contributed by atoms with E-state index in [2.05, 4.69) is 0 Å². The minimum atomic E-state index is 0.685. The lowest BCUT2D eigenvalue weighted by Gasteiger charge is -2.05. The molecule has 0 saturated carbocycles. The van der Waals surface area contributed by atoms with Gasteiger partial charge in [0.15, 0.2) is 0 Å². The first-order chi connectivity index (χ1) is 7.63. The van der Waals surface area contributed by atoms with E-state index in [1.54, 1.807) is 0 Å². The van der Waals surface area contributed by atoms with Crippen LogP contribution < -0.4 is 4.74 Å². The lowest BCUT2D eigenvalue weighted by molar-refractivity contribution is 0.340. The minimum absolute atomic E-state index is 0.685. The summed E-state index contributed by atoms with van der Waals surface area (Å²) in [6.45, 7) is 2.66. The van der Waals surface area contributed by atoms with Crippen molar-refractivity contribution in [1.29, 1.82) is 0 Å². The number of rotatable bonds is 5. The fourth-order valence-corrected chi connectivity index (χ4v) is 1.39. The summed E-state index contributed by atoms with van der Waals surface area (Å²) in [5, 5.41) is 0. The summed E-state index contributed by atoms with van der Waals surface area (Å²) in [5.74, 6) is 0.880. The molecular formula is C13H17NOS. The average Bonchev–Trinajstić information content (AvgIpc) is 2.27. The molecule has 0 aliphatic heterocycles. The van der Waals surface area contributed by atoms with E-state index < -0.39 is 0 Å². The van der Waals surface area contributed by atoms with Crippen molar-refractivity contribution in [3.8, 4) is 5.75 Å². The van der Waals surface area contributed by atoms with Crippen LogP contribution >= 0.6 is 12.2 Å². The lowest BCUT2D eigenvalue weighted by Crippen LogP contribution is -2.02. The lowest BCUT2D eigenvalue weighted by atomic mass is 10.1. The number of allylic oxidation sites excluding steroid dienone is 1. The first kappa shape index (κ1) is 12.7. The fraction of sp³-hybridized carbons (Fsp3) is 0.308. The van der Waals surface area contributed by atoms with Gasteiger partial charge in [0.1, 0.15) is 5.75 Å². The number of ether oxygens (including phenoxy) is 1. The second kappa shape index (κ2) is 6.28. The van der Waals surface area contributed by atoms with Crippen molar-refractivity contribution >= 4 is 17.1 Å². The Hall–Kier alpha value is -1.35. The molecule has 0 aromatic heterocycles. The van der Waals surface area contributed by atoms with E-state index in [4.69, 9.17) is 17.0 Å². The quantitative estimate of drug-likeness (QED) is 0.442. The van der Waals surface area contributed by atoms with E-state index in [1.807, 2.05) is 62.5 Å². The summed E-state index contributed by atoms with van der Waals surface area (Å²) >= 11 is 5.29. The van der Waals surface area contributed by atoms with Crippen molar-refractivity contribution in [2.24, 2.45) is 0 Å². The zero-order valence-electron chi connectivity index (χ0n) is 9.93. The van der Waals surface area contributed by atoms with Crippen molar-refractivity contribution in [1.82, 2.24) is 4.90 Å². The molecule has 16 heavy (non-hydrogen) atoms. The summed E-state index contributed by atoms with van der Waals surface area (Å²) in [5.41, 5.74) is 1.04. The number of hydrogen-bond acceptors (Lipinski definition) is 3. The molecule has 0 fully saturated rings. The predicted molar refractivity (Wildman–Crippen MR) is 72.1 cm³/mol. The molecule has 0 aliphatic rings. The Morgan fingerprint density at radius 3 is 2.44 bits per heavy atom. The Bertz CT molecular complexity index is 368. The number of thiocarbonyl (C=S) groups is 1. The third-order valence-corrected chi connectivity index (χ3v) is 2.35. The number of hydrogen-bond donors (Lipinski definition) is 0. The molecule has 0 bridgehead atoms. The molecule has 0 aliphatic carbocycles. The van der Waals surface area contributed by atoms with E-state index in [1.165, 1.54) is 0 Å². The Morgan fingerprint density at radius 1 is 1.31 bits per heavy atom. The highest BCUT2D eigenvalue weighted by atomic mass is 32.1. The Morgan fingerprint density at radius 2 is 1.94 bits per heavy atom. The van der Waals surface area contributed by atoms with E-state index in [9.17, 15) is 0 Å². The summed E-state index contributed by atoms with van der Waals surface area (Å²) in [6.07, 6.45) is 3.86. The third-order valence-electron chi connectivity index (χ3n) is 1.97. The molecule has 0 atom stereocenters. The average molecular weight is 235 g/mol. The molecule has 0 N–H and O–H groups in total. The normalized spacial score (nSPS) is 10.4. The Balaban J connectivity index is 2.70. The van der Waals surface area contributed by atoms with Gasteiger partial charge in [0.05, 0.1) is 6.61 Å². The van der Waals surface area contributed by atoms with Crippen LogP contribution in [0.15, 0.2) is 36.5 Å². The van der Waals surface area contributed by atoms with Crippen LogP contribution in [0, 0.1) is 0 Å². The summed E-state index contributed by atoms with van der Waals surface area (Å²) in [7, 11) is 3.94. The standard InChI is InChI=1S/C13H17NOS/c1-4-15-12-7-5-11(6-8-12)13(16)9-10-14(2)3/h5-10H,4H2,1-3H3/b10-9+. The Kier molecular flexibility index (Phi) is 4.99. The summed E-state index contributed by atoms with van der Waals surface area (Å²) in [6, 6.07) is 7.84. The maximum absolute atomic E-state index is 5.37. The molecular weight excluding hydrogens is 218 g/mol. The molecule has 0 amide bonds. The topological polar surface area (TPSA) is 12.5 Å². The monoisotopic (exact) mass is 235 g/mol. The van der Waals surface area contributed by atoms with Gasteiger partial charge < -0.3 is 9.64 Å². The van der Waals surface area contributed by atoms with Crippen LogP contribution in [0.1, 0.15) is 12.5 Å². The number of benzene rings is 1. The van der Waals surface area contributed by atoms with Gasteiger partial charge in [-0.05, 0) is 49.0 Å². The molecule has 1 aromatic rings. The zero-order valence-corrected chi connectivity index (χ0v) is 10.8. The van der Waals surface area contributed by atoms with Crippen LogP contribution in [0.25, 0.3) is 0 Å². The van der Waals surface area contributed by atoms with Gasteiger partial charge in [-0.25, -0.2) is 0 Å². The van der Waals surface area contributed by atoms with Gasteiger partial charge in [-0.1, -0.05) is 12.2 Å². The highest BCUT2D eigenvalue weighted by Gasteiger charge is 1.98. The molecule has 0 saturated heterocycles. The van der Waals surface area contributed by atoms with E-state index >= 15 is 0 Å². The highest BCUT2D eigenvalue weighted by molar-refractivity contribution is 7.81. The van der Waals surface area contributed by atoms with Crippen molar-refractivity contribution in [2.75, 3.05) is 20.7 Å². The highest BCUT2D eigenvalue weighted by Crippen LogP contribution is 2.13. The molecule has 1 aromatic carbocycles. The van der Waals surface area contributed by atoms with Crippen molar-refractivity contribution in [2.45, 2.75) is 6.92 Å². The second-order valence-electron chi connectivity index (χ2n) is 3.60. The smallest absolute Gasteiger partial charge is 0.119 e. The molecule has 3 heteroatoms. The molecule has 2 nitrogen and oxygen atoms in total. The largest absolute Gasteiger partial charge is 0.494 e. The molecule has 0 spiro atoms. The minimum Gasteiger partial charge on any atom is -0.494 e. The predicted octanol–water partition coefficient (Wildman–Crippen LogP) is 2.88. The maximum atomic E-state index is 5.37. The first-order valence-corrected chi connectivity index (χ1v) is 5.66. The van der Waals surface area contributed by atoms with Gasteiger partial charge in [-0.3, -0.25) is 0 Å². The molecule has 0 heterocycles.